The lowest BCUT2D eigenvalue weighted by Crippen LogP contribution is -2.31. The van der Waals surface area contributed by atoms with Crippen LogP contribution in [0.25, 0.3) is 0 Å². The van der Waals surface area contributed by atoms with Gasteiger partial charge in [0.2, 0.25) is 0 Å². The van der Waals surface area contributed by atoms with E-state index in [2.05, 4.69) is 10.2 Å². The molecule has 2 fully saturated rings. The maximum absolute atomic E-state index is 12.2. The number of hydrogen-bond donors (Lipinski definition) is 2. The van der Waals surface area contributed by atoms with Crippen molar-refractivity contribution in [3.63, 3.8) is 0 Å². The molecule has 2 aliphatic rings. The SMILES string of the molecule is Cc1ccc(N)c(C(=O)NCC2CCN(C3CC3)C2)c1. The summed E-state index contributed by atoms with van der Waals surface area (Å²) < 4.78 is 0. The van der Waals surface area contributed by atoms with Gasteiger partial charge < -0.3 is 16.0 Å². The lowest BCUT2D eigenvalue weighted by atomic mass is 10.1. The van der Waals surface area contributed by atoms with E-state index in [0.717, 1.165) is 24.7 Å². The molecule has 4 nitrogen and oxygen atoms in total. The van der Waals surface area contributed by atoms with Gasteiger partial charge in [0, 0.05) is 24.8 Å². The predicted octanol–water partition coefficient (Wildman–Crippen LogP) is 1.79. The molecule has 1 heterocycles. The van der Waals surface area contributed by atoms with Gasteiger partial charge >= 0.3 is 0 Å². The quantitative estimate of drug-likeness (QED) is 0.822. The van der Waals surface area contributed by atoms with Crippen molar-refractivity contribution in [2.24, 2.45) is 5.92 Å². The van der Waals surface area contributed by atoms with Gasteiger partial charge in [-0.15, -0.1) is 0 Å². The highest BCUT2D eigenvalue weighted by Gasteiger charge is 2.34. The molecule has 1 unspecified atom stereocenters. The van der Waals surface area contributed by atoms with Crippen LogP contribution in [0.15, 0.2) is 18.2 Å². The van der Waals surface area contributed by atoms with Crippen LogP contribution in [0.2, 0.25) is 0 Å². The number of carbonyl (C=O) groups excluding carboxylic acids is 1. The molecule has 20 heavy (non-hydrogen) atoms. The normalized spacial score (nSPS) is 22.9. The number of hydrogen-bond acceptors (Lipinski definition) is 3. The minimum absolute atomic E-state index is 0.0453. The maximum Gasteiger partial charge on any atom is 0.253 e. The van der Waals surface area contributed by atoms with Gasteiger partial charge in [-0.2, -0.15) is 0 Å². The number of aryl methyl sites for hydroxylation is 1. The second kappa shape index (κ2) is 5.44. The molecule has 1 aromatic rings. The second-order valence-electron chi connectivity index (χ2n) is 6.18. The second-order valence-corrected chi connectivity index (χ2v) is 6.18. The Morgan fingerprint density at radius 1 is 1.40 bits per heavy atom. The molecule has 3 N–H and O–H groups in total. The molecule has 1 saturated heterocycles. The molecule has 1 saturated carbocycles. The lowest BCUT2D eigenvalue weighted by molar-refractivity contribution is 0.0948. The molecule has 0 bridgehead atoms. The number of rotatable bonds is 4. The number of nitrogens with two attached hydrogens (primary N) is 1. The van der Waals surface area contributed by atoms with E-state index in [9.17, 15) is 4.79 Å². The summed E-state index contributed by atoms with van der Waals surface area (Å²) in [5, 5.41) is 3.04. The average Bonchev–Trinajstić information content (AvgIpc) is 3.18. The van der Waals surface area contributed by atoms with Crippen molar-refractivity contribution in [2.75, 3.05) is 25.4 Å². The Balaban J connectivity index is 1.53. The Labute approximate surface area is 120 Å². The summed E-state index contributed by atoms with van der Waals surface area (Å²) in [6.45, 7) is 5.06. The Bertz CT molecular complexity index is 510. The highest BCUT2D eigenvalue weighted by molar-refractivity contribution is 5.99. The number of nitrogens with one attached hydrogen (secondary N) is 1. The van der Waals surface area contributed by atoms with Crippen LogP contribution in [-0.2, 0) is 0 Å². The zero-order valence-corrected chi connectivity index (χ0v) is 12.1. The van der Waals surface area contributed by atoms with E-state index in [-0.39, 0.29) is 5.91 Å². The molecule has 0 spiro atoms. The third-order valence-electron chi connectivity index (χ3n) is 4.39. The lowest BCUT2D eigenvalue weighted by Gasteiger charge is -2.15. The third kappa shape index (κ3) is 2.96. The molecule has 1 amide bonds. The van der Waals surface area contributed by atoms with Gasteiger partial charge in [0.1, 0.15) is 0 Å². The zero-order chi connectivity index (χ0) is 14.1. The van der Waals surface area contributed by atoms with Crippen molar-refractivity contribution in [3.8, 4) is 0 Å². The Kier molecular flexibility index (Phi) is 3.66. The standard InChI is InChI=1S/C16H23N3O/c1-11-2-5-15(17)14(8-11)16(20)18-9-12-6-7-19(10-12)13-3-4-13/h2,5,8,12-13H,3-4,6-7,9-10,17H2,1H3,(H,18,20). The first kappa shape index (κ1) is 13.4. The van der Waals surface area contributed by atoms with Crippen LogP contribution in [-0.4, -0.2) is 36.5 Å². The van der Waals surface area contributed by atoms with Crippen molar-refractivity contribution in [1.29, 1.82) is 0 Å². The largest absolute Gasteiger partial charge is 0.398 e. The molecule has 108 valence electrons. The summed E-state index contributed by atoms with van der Waals surface area (Å²) in [7, 11) is 0. The zero-order valence-electron chi connectivity index (χ0n) is 12.1. The fraction of sp³-hybridized carbons (Fsp3) is 0.562. The molecular formula is C16H23N3O. The minimum atomic E-state index is -0.0453. The van der Waals surface area contributed by atoms with E-state index in [0.29, 0.717) is 17.2 Å². The highest BCUT2D eigenvalue weighted by atomic mass is 16.1. The number of carbonyl (C=O) groups is 1. The van der Waals surface area contributed by atoms with Gasteiger partial charge in [-0.1, -0.05) is 11.6 Å². The van der Waals surface area contributed by atoms with Gasteiger partial charge in [-0.25, -0.2) is 0 Å². The molecule has 0 aromatic heterocycles. The smallest absolute Gasteiger partial charge is 0.253 e. The van der Waals surface area contributed by atoms with Crippen LogP contribution >= 0.6 is 0 Å². The molecule has 3 rings (SSSR count). The summed E-state index contributed by atoms with van der Waals surface area (Å²) in [5.41, 5.74) is 8.09. The topological polar surface area (TPSA) is 58.4 Å². The minimum Gasteiger partial charge on any atom is -0.398 e. The molecular weight excluding hydrogens is 250 g/mol. The number of anilines is 1. The Morgan fingerprint density at radius 3 is 2.95 bits per heavy atom. The van der Waals surface area contributed by atoms with Crippen LogP contribution < -0.4 is 11.1 Å². The first-order valence-corrected chi connectivity index (χ1v) is 7.52. The van der Waals surface area contributed by atoms with Gasteiger partial charge in [-0.3, -0.25) is 4.79 Å². The monoisotopic (exact) mass is 273 g/mol. The van der Waals surface area contributed by atoms with Crippen LogP contribution in [0.3, 0.4) is 0 Å². The van der Waals surface area contributed by atoms with Gasteiger partial charge in [-0.05, 0) is 50.8 Å². The van der Waals surface area contributed by atoms with Crippen molar-refractivity contribution >= 4 is 11.6 Å². The molecule has 4 heteroatoms. The average molecular weight is 273 g/mol. The number of nitrogens with zero attached hydrogens (tertiary/aromatic N) is 1. The van der Waals surface area contributed by atoms with Gasteiger partial charge in [0.25, 0.3) is 5.91 Å². The van der Waals surface area contributed by atoms with Crippen molar-refractivity contribution < 1.29 is 4.79 Å². The third-order valence-corrected chi connectivity index (χ3v) is 4.39. The van der Waals surface area contributed by atoms with E-state index >= 15 is 0 Å². The number of benzene rings is 1. The van der Waals surface area contributed by atoms with Crippen molar-refractivity contribution in [3.05, 3.63) is 29.3 Å². The highest BCUT2D eigenvalue weighted by Crippen LogP contribution is 2.31. The van der Waals surface area contributed by atoms with Gasteiger partial charge in [0.15, 0.2) is 0 Å². The van der Waals surface area contributed by atoms with Crippen LogP contribution in [0.5, 0.6) is 0 Å². The summed E-state index contributed by atoms with van der Waals surface area (Å²) in [4.78, 5) is 14.8. The predicted molar refractivity (Wildman–Crippen MR) is 80.6 cm³/mol. The van der Waals surface area contributed by atoms with Crippen molar-refractivity contribution in [2.45, 2.75) is 32.2 Å². The van der Waals surface area contributed by atoms with Crippen LogP contribution in [0, 0.1) is 12.8 Å². The van der Waals surface area contributed by atoms with Crippen LogP contribution in [0.1, 0.15) is 35.2 Å². The van der Waals surface area contributed by atoms with Crippen LogP contribution in [0.4, 0.5) is 5.69 Å². The number of amides is 1. The molecule has 1 atom stereocenters. The van der Waals surface area contributed by atoms with E-state index < -0.39 is 0 Å². The van der Waals surface area contributed by atoms with Gasteiger partial charge in [0.05, 0.1) is 5.56 Å². The number of likely N-dealkylation sites (tertiary alicyclic amines) is 1. The van der Waals surface area contributed by atoms with E-state index in [4.69, 9.17) is 5.73 Å². The van der Waals surface area contributed by atoms with Crippen molar-refractivity contribution in [1.82, 2.24) is 10.2 Å². The maximum atomic E-state index is 12.2. The Morgan fingerprint density at radius 2 is 2.20 bits per heavy atom. The summed E-state index contributed by atoms with van der Waals surface area (Å²) >= 11 is 0. The molecule has 0 radical (unpaired) electrons. The van der Waals surface area contributed by atoms with E-state index in [1.807, 2.05) is 19.1 Å². The summed E-state index contributed by atoms with van der Waals surface area (Å²) in [6, 6.07) is 6.42. The first-order chi connectivity index (χ1) is 9.63. The molecule has 1 aliphatic carbocycles. The fourth-order valence-corrected chi connectivity index (χ4v) is 3.00. The summed E-state index contributed by atoms with van der Waals surface area (Å²) in [5.74, 6) is 0.543. The summed E-state index contributed by atoms with van der Waals surface area (Å²) in [6.07, 6.45) is 3.91. The van der Waals surface area contributed by atoms with E-state index in [1.165, 1.54) is 25.8 Å². The Hall–Kier alpha value is -1.55. The molecule has 1 aliphatic heterocycles. The fourth-order valence-electron chi connectivity index (χ4n) is 3.00. The number of nitrogen functional groups attached to an aromatic ring is 1. The van der Waals surface area contributed by atoms with E-state index in [1.54, 1.807) is 6.07 Å². The molecule has 1 aromatic carbocycles. The first-order valence-electron chi connectivity index (χ1n) is 7.52.